The van der Waals surface area contributed by atoms with Gasteiger partial charge in [-0.25, -0.2) is 0 Å². The van der Waals surface area contributed by atoms with E-state index in [0.29, 0.717) is 45.3 Å². The van der Waals surface area contributed by atoms with Gasteiger partial charge in [-0.3, -0.25) is 9.59 Å². The minimum Gasteiger partial charge on any atom is -0.493 e. The van der Waals surface area contributed by atoms with E-state index in [0.717, 1.165) is 21.5 Å². The van der Waals surface area contributed by atoms with Crippen LogP contribution in [-0.4, -0.2) is 40.0 Å². The fourth-order valence-corrected chi connectivity index (χ4v) is 4.95. The first-order valence-electron chi connectivity index (χ1n) is 14.0. The SMILES string of the molecule is COc1ccc(C(=O)c2ccc3ccccc3c2)cc1OC.COc1ccc(C(=O)c2ccc3ccccc3c2)cc1OC. The lowest BCUT2D eigenvalue weighted by molar-refractivity contribution is 0.103. The van der Waals surface area contributed by atoms with Crippen molar-refractivity contribution in [3.05, 3.63) is 144 Å². The molecule has 0 aliphatic carbocycles. The Kier molecular flexibility index (Phi) is 9.21. The lowest BCUT2D eigenvalue weighted by Crippen LogP contribution is -2.02. The molecule has 6 aromatic rings. The number of ether oxygens (including phenoxy) is 4. The zero-order valence-electron chi connectivity index (χ0n) is 25.0. The van der Waals surface area contributed by atoms with E-state index in [2.05, 4.69) is 0 Å². The smallest absolute Gasteiger partial charge is 0.193 e. The van der Waals surface area contributed by atoms with E-state index < -0.39 is 0 Å². The summed E-state index contributed by atoms with van der Waals surface area (Å²) in [5.41, 5.74) is 2.47. The Morgan fingerprint density at radius 1 is 0.364 bits per heavy atom. The first-order valence-corrected chi connectivity index (χ1v) is 14.0. The monoisotopic (exact) mass is 584 g/mol. The molecule has 0 N–H and O–H groups in total. The molecular formula is C38H32O6. The molecular weight excluding hydrogens is 552 g/mol. The van der Waals surface area contributed by atoms with Gasteiger partial charge in [-0.1, -0.05) is 72.8 Å². The summed E-state index contributed by atoms with van der Waals surface area (Å²) in [7, 11) is 6.26. The highest BCUT2D eigenvalue weighted by Gasteiger charge is 2.14. The Labute approximate surface area is 256 Å². The summed E-state index contributed by atoms with van der Waals surface area (Å²) in [5.74, 6) is 2.25. The van der Waals surface area contributed by atoms with E-state index in [1.807, 2.05) is 84.9 Å². The molecule has 0 aliphatic rings. The average Bonchev–Trinajstić information content (AvgIpc) is 3.10. The number of benzene rings is 6. The number of hydrogen-bond acceptors (Lipinski definition) is 6. The highest BCUT2D eigenvalue weighted by atomic mass is 16.5. The minimum atomic E-state index is -0.0355. The van der Waals surface area contributed by atoms with Crippen molar-refractivity contribution >= 4 is 33.1 Å². The van der Waals surface area contributed by atoms with Crippen LogP contribution in [0.4, 0.5) is 0 Å². The summed E-state index contributed by atoms with van der Waals surface area (Å²) in [5, 5.41) is 4.33. The fraction of sp³-hybridized carbons (Fsp3) is 0.105. The van der Waals surface area contributed by atoms with Crippen LogP contribution in [0.5, 0.6) is 23.0 Å². The van der Waals surface area contributed by atoms with Crippen LogP contribution in [0.2, 0.25) is 0 Å². The summed E-state index contributed by atoms with van der Waals surface area (Å²) < 4.78 is 20.9. The third-order valence-corrected chi connectivity index (χ3v) is 7.31. The highest BCUT2D eigenvalue weighted by Crippen LogP contribution is 2.30. The highest BCUT2D eigenvalue weighted by molar-refractivity contribution is 6.11. The average molecular weight is 585 g/mol. The standard InChI is InChI=1S/2C19H16O3/c2*1-21-17-10-9-16(12-18(17)22-2)19(20)15-8-7-13-5-3-4-6-14(13)11-15/h2*3-12H,1-2H3. The Hall–Kier alpha value is -5.62. The van der Waals surface area contributed by atoms with Gasteiger partial charge in [0, 0.05) is 22.3 Å². The number of carbonyl (C=O) groups excluding carboxylic acids is 2. The van der Waals surface area contributed by atoms with E-state index in [1.165, 1.54) is 0 Å². The Morgan fingerprint density at radius 2 is 0.682 bits per heavy atom. The van der Waals surface area contributed by atoms with Crippen molar-refractivity contribution in [2.24, 2.45) is 0 Å². The molecule has 0 bridgehead atoms. The predicted molar refractivity (Wildman–Crippen MR) is 174 cm³/mol. The van der Waals surface area contributed by atoms with Crippen molar-refractivity contribution < 1.29 is 28.5 Å². The van der Waals surface area contributed by atoms with Crippen LogP contribution in [0.1, 0.15) is 31.8 Å². The lowest BCUT2D eigenvalue weighted by atomic mass is 10.00. The van der Waals surface area contributed by atoms with Gasteiger partial charge in [-0.15, -0.1) is 0 Å². The van der Waals surface area contributed by atoms with E-state index in [9.17, 15) is 9.59 Å². The summed E-state index contributed by atoms with van der Waals surface area (Å²) in [6.45, 7) is 0. The van der Waals surface area contributed by atoms with Gasteiger partial charge in [0.15, 0.2) is 34.6 Å². The van der Waals surface area contributed by atoms with Gasteiger partial charge < -0.3 is 18.9 Å². The maximum atomic E-state index is 12.7. The largest absolute Gasteiger partial charge is 0.493 e. The predicted octanol–water partition coefficient (Wildman–Crippen LogP) is 8.18. The molecule has 0 unspecified atom stereocenters. The molecule has 6 aromatic carbocycles. The molecule has 220 valence electrons. The molecule has 0 atom stereocenters. The molecule has 0 amide bonds. The number of fused-ring (bicyclic) bond motifs is 2. The van der Waals surface area contributed by atoms with Crippen LogP contribution in [-0.2, 0) is 0 Å². The fourth-order valence-electron chi connectivity index (χ4n) is 4.95. The third kappa shape index (κ3) is 6.40. The van der Waals surface area contributed by atoms with Crippen LogP contribution < -0.4 is 18.9 Å². The van der Waals surface area contributed by atoms with Gasteiger partial charge in [0.2, 0.25) is 0 Å². The molecule has 0 aromatic heterocycles. The van der Waals surface area contributed by atoms with Crippen LogP contribution in [0.15, 0.2) is 121 Å². The van der Waals surface area contributed by atoms with Gasteiger partial charge in [-0.05, 0) is 70.1 Å². The quantitative estimate of drug-likeness (QED) is 0.168. The second-order valence-corrected chi connectivity index (χ2v) is 9.92. The number of carbonyl (C=O) groups is 2. The zero-order chi connectivity index (χ0) is 31.1. The molecule has 0 heterocycles. The topological polar surface area (TPSA) is 71.1 Å². The number of ketones is 2. The van der Waals surface area contributed by atoms with Crippen LogP contribution >= 0.6 is 0 Å². The van der Waals surface area contributed by atoms with Crippen molar-refractivity contribution in [3.8, 4) is 23.0 Å². The molecule has 0 fully saturated rings. The van der Waals surface area contributed by atoms with Crippen molar-refractivity contribution in [1.82, 2.24) is 0 Å². The molecule has 6 heteroatoms. The van der Waals surface area contributed by atoms with Crippen LogP contribution in [0.3, 0.4) is 0 Å². The summed E-state index contributed by atoms with van der Waals surface area (Å²) in [6.07, 6.45) is 0. The molecule has 0 saturated carbocycles. The molecule has 0 aliphatic heterocycles. The maximum Gasteiger partial charge on any atom is 0.193 e. The van der Waals surface area contributed by atoms with Crippen molar-refractivity contribution in [3.63, 3.8) is 0 Å². The number of hydrogen-bond donors (Lipinski definition) is 0. The Morgan fingerprint density at radius 3 is 1.05 bits per heavy atom. The van der Waals surface area contributed by atoms with Gasteiger partial charge in [0.25, 0.3) is 0 Å². The van der Waals surface area contributed by atoms with Crippen molar-refractivity contribution in [2.75, 3.05) is 28.4 Å². The summed E-state index contributed by atoms with van der Waals surface area (Å²) in [4.78, 5) is 25.3. The number of methoxy groups -OCH3 is 4. The van der Waals surface area contributed by atoms with E-state index in [4.69, 9.17) is 18.9 Å². The molecule has 6 rings (SSSR count). The van der Waals surface area contributed by atoms with Crippen molar-refractivity contribution in [1.29, 1.82) is 0 Å². The zero-order valence-corrected chi connectivity index (χ0v) is 25.0. The van der Waals surface area contributed by atoms with Gasteiger partial charge in [0.05, 0.1) is 28.4 Å². The normalized spacial score (nSPS) is 10.5. The van der Waals surface area contributed by atoms with Gasteiger partial charge >= 0.3 is 0 Å². The molecule has 6 nitrogen and oxygen atoms in total. The van der Waals surface area contributed by atoms with Gasteiger partial charge in [-0.2, -0.15) is 0 Å². The van der Waals surface area contributed by atoms with Crippen molar-refractivity contribution in [2.45, 2.75) is 0 Å². The Bertz CT molecular complexity index is 1820. The Balaban J connectivity index is 0.000000175. The van der Waals surface area contributed by atoms with Crippen LogP contribution in [0.25, 0.3) is 21.5 Å². The summed E-state index contributed by atoms with van der Waals surface area (Å²) >= 11 is 0. The molecule has 0 saturated heterocycles. The molecule has 0 spiro atoms. The first kappa shape index (κ1) is 29.9. The second kappa shape index (κ2) is 13.6. The van der Waals surface area contributed by atoms with E-state index in [-0.39, 0.29) is 11.6 Å². The number of rotatable bonds is 8. The summed E-state index contributed by atoms with van der Waals surface area (Å²) in [6, 6.07) is 37.8. The van der Waals surface area contributed by atoms with Crippen LogP contribution in [0, 0.1) is 0 Å². The van der Waals surface area contributed by atoms with E-state index in [1.54, 1.807) is 64.8 Å². The second-order valence-electron chi connectivity index (χ2n) is 9.92. The van der Waals surface area contributed by atoms with Gasteiger partial charge in [0.1, 0.15) is 0 Å². The minimum absolute atomic E-state index is 0.0355. The lowest BCUT2D eigenvalue weighted by Gasteiger charge is -2.09. The first-order chi connectivity index (χ1) is 21.4. The molecule has 0 radical (unpaired) electrons. The molecule has 44 heavy (non-hydrogen) atoms. The maximum absolute atomic E-state index is 12.7. The van der Waals surface area contributed by atoms with E-state index >= 15 is 0 Å². The third-order valence-electron chi connectivity index (χ3n) is 7.31.